The van der Waals surface area contributed by atoms with Gasteiger partial charge in [-0.15, -0.1) is 0 Å². The Balaban J connectivity index is 4.44. The van der Waals surface area contributed by atoms with Gasteiger partial charge in [-0.1, -0.05) is 6.92 Å². The maximum absolute atomic E-state index is 12.0. The molecular weight excluding hydrogens is 230 g/mol. The zero-order chi connectivity index (χ0) is 14.6. The Morgan fingerprint density at radius 3 is 2.00 bits per heavy atom. The summed E-state index contributed by atoms with van der Waals surface area (Å²) < 4.78 is 0. The van der Waals surface area contributed by atoms with Gasteiger partial charge in [-0.05, 0) is 48.1 Å². The molecule has 18 heavy (non-hydrogen) atoms. The average Bonchev–Trinajstić information content (AvgIpc) is 2.14. The molecule has 5 nitrogen and oxygen atoms in total. The first kappa shape index (κ1) is 16.9. The van der Waals surface area contributed by atoms with Gasteiger partial charge in [0.15, 0.2) is 0 Å². The van der Waals surface area contributed by atoms with E-state index in [2.05, 4.69) is 16.0 Å². The standard InChI is InChI=1S/C13H27N3O2/c1-8-14-13(6,7)11(18)15-9(2)10(17)16-12(3,4)5/h9,14H,8H2,1-7H3,(H,15,18)(H,16,17). The van der Waals surface area contributed by atoms with Gasteiger partial charge in [-0.2, -0.15) is 0 Å². The number of carbonyl (C=O) groups excluding carboxylic acids is 2. The van der Waals surface area contributed by atoms with Crippen molar-refractivity contribution >= 4 is 11.8 Å². The second kappa shape index (κ2) is 6.18. The average molecular weight is 257 g/mol. The topological polar surface area (TPSA) is 70.2 Å². The van der Waals surface area contributed by atoms with Crippen molar-refractivity contribution in [1.82, 2.24) is 16.0 Å². The lowest BCUT2D eigenvalue weighted by Gasteiger charge is -2.28. The van der Waals surface area contributed by atoms with Crippen molar-refractivity contribution in [1.29, 1.82) is 0 Å². The summed E-state index contributed by atoms with van der Waals surface area (Å²) in [6.45, 7) is 13.6. The van der Waals surface area contributed by atoms with Gasteiger partial charge in [0.05, 0.1) is 5.54 Å². The molecule has 0 aliphatic rings. The molecule has 2 amide bonds. The molecule has 0 radical (unpaired) electrons. The van der Waals surface area contributed by atoms with Gasteiger partial charge in [-0.25, -0.2) is 0 Å². The second-order valence-corrected chi connectivity index (χ2v) is 6.09. The van der Waals surface area contributed by atoms with Crippen molar-refractivity contribution in [2.75, 3.05) is 6.54 Å². The number of hydrogen-bond donors (Lipinski definition) is 3. The SMILES string of the molecule is CCNC(C)(C)C(=O)NC(C)C(=O)NC(C)(C)C. The predicted molar refractivity (Wildman–Crippen MR) is 73.3 cm³/mol. The number of amides is 2. The zero-order valence-electron chi connectivity index (χ0n) is 12.6. The van der Waals surface area contributed by atoms with E-state index in [1.165, 1.54) is 0 Å². The van der Waals surface area contributed by atoms with Crippen LogP contribution >= 0.6 is 0 Å². The molecule has 0 aromatic rings. The fraction of sp³-hybridized carbons (Fsp3) is 0.846. The summed E-state index contributed by atoms with van der Waals surface area (Å²) in [6.07, 6.45) is 0. The molecule has 0 saturated carbocycles. The third kappa shape index (κ3) is 6.00. The van der Waals surface area contributed by atoms with Crippen LogP contribution in [0.1, 0.15) is 48.5 Å². The van der Waals surface area contributed by atoms with E-state index >= 15 is 0 Å². The largest absolute Gasteiger partial charge is 0.350 e. The molecule has 0 aliphatic heterocycles. The summed E-state index contributed by atoms with van der Waals surface area (Å²) in [5.41, 5.74) is -0.974. The van der Waals surface area contributed by atoms with Crippen molar-refractivity contribution in [3.63, 3.8) is 0 Å². The molecule has 0 spiro atoms. The Morgan fingerprint density at radius 2 is 1.61 bits per heavy atom. The molecule has 0 aliphatic carbocycles. The lowest BCUT2D eigenvalue weighted by Crippen LogP contribution is -2.58. The Kier molecular flexibility index (Phi) is 5.80. The van der Waals surface area contributed by atoms with E-state index in [1.54, 1.807) is 20.8 Å². The number of rotatable bonds is 5. The zero-order valence-corrected chi connectivity index (χ0v) is 12.6. The van der Waals surface area contributed by atoms with Crippen LogP contribution in [0.5, 0.6) is 0 Å². The molecule has 0 fully saturated rings. The lowest BCUT2D eigenvalue weighted by molar-refractivity contribution is -0.132. The van der Waals surface area contributed by atoms with E-state index < -0.39 is 11.6 Å². The summed E-state index contributed by atoms with van der Waals surface area (Å²) in [5.74, 6) is -0.357. The van der Waals surface area contributed by atoms with E-state index in [9.17, 15) is 9.59 Å². The van der Waals surface area contributed by atoms with Gasteiger partial charge >= 0.3 is 0 Å². The lowest BCUT2D eigenvalue weighted by atomic mass is 10.0. The molecule has 1 atom stereocenters. The molecule has 0 saturated heterocycles. The molecule has 0 bridgehead atoms. The number of likely N-dealkylation sites (N-methyl/N-ethyl adjacent to an activating group) is 1. The Hall–Kier alpha value is -1.10. The quantitative estimate of drug-likeness (QED) is 0.682. The minimum atomic E-state index is -0.676. The predicted octanol–water partition coefficient (Wildman–Crippen LogP) is 0.794. The van der Waals surface area contributed by atoms with Crippen molar-refractivity contribution in [2.24, 2.45) is 0 Å². The van der Waals surface area contributed by atoms with E-state index in [0.717, 1.165) is 0 Å². The fourth-order valence-corrected chi connectivity index (χ4v) is 1.44. The Morgan fingerprint density at radius 1 is 1.11 bits per heavy atom. The van der Waals surface area contributed by atoms with Gasteiger partial charge in [-0.3, -0.25) is 9.59 Å². The van der Waals surface area contributed by atoms with Gasteiger partial charge in [0.2, 0.25) is 11.8 Å². The highest BCUT2D eigenvalue weighted by Gasteiger charge is 2.29. The van der Waals surface area contributed by atoms with Crippen molar-refractivity contribution < 1.29 is 9.59 Å². The van der Waals surface area contributed by atoms with Crippen LogP contribution in [-0.2, 0) is 9.59 Å². The molecule has 0 aromatic heterocycles. The van der Waals surface area contributed by atoms with Crippen LogP contribution in [0.2, 0.25) is 0 Å². The summed E-state index contributed by atoms with van der Waals surface area (Å²) >= 11 is 0. The summed E-state index contributed by atoms with van der Waals surface area (Å²) in [7, 11) is 0. The maximum atomic E-state index is 12.0. The highest BCUT2D eigenvalue weighted by atomic mass is 16.2. The number of hydrogen-bond acceptors (Lipinski definition) is 3. The summed E-state index contributed by atoms with van der Waals surface area (Å²) in [6, 6.07) is -0.547. The van der Waals surface area contributed by atoms with Gasteiger partial charge < -0.3 is 16.0 Å². The van der Waals surface area contributed by atoms with E-state index in [4.69, 9.17) is 0 Å². The molecule has 3 N–H and O–H groups in total. The second-order valence-electron chi connectivity index (χ2n) is 6.09. The van der Waals surface area contributed by atoms with Crippen molar-refractivity contribution in [3.8, 4) is 0 Å². The first-order chi connectivity index (χ1) is 7.99. The van der Waals surface area contributed by atoms with Gasteiger partial charge in [0, 0.05) is 5.54 Å². The number of carbonyl (C=O) groups is 2. The van der Waals surface area contributed by atoms with Crippen molar-refractivity contribution in [3.05, 3.63) is 0 Å². The monoisotopic (exact) mass is 257 g/mol. The highest BCUT2D eigenvalue weighted by Crippen LogP contribution is 2.03. The van der Waals surface area contributed by atoms with Crippen LogP contribution in [0, 0.1) is 0 Å². The van der Waals surface area contributed by atoms with Gasteiger partial charge in [0.1, 0.15) is 6.04 Å². The van der Waals surface area contributed by atoms with Crippen LogP contribution in [0.15, 0.2) is 0 Å². The molecule has 0 heterocycles. The van der Waals surface area contributed by atoms with E-state index in [1.807, 2.05) is 27.7 Å². The summed E-state index contributed by atoms with van der Waals surface area (Å²) in [5, 5.41) is 8.62. The van der Waals surface area contributed by atoms with Crippen LogP contribution in [0.25, 0.3) is 0 Å². The third-order valence-electron chi connectivity index (χ3n) is 2.43. The normalized spacial score (nSPS) is 13.9. The molecular formula is C13H27N3O2. The first-order valence-corrected chi connectivity index (χ1v) is 6.37. The minimum absolute atomic E-state index is 0.178. The Labute approximate surface area is 110 Å². The maximum Gasteiger partial charge on any atom is 0.242 e. The van der Waals surface area contributed by atoms with Crippen LogP contribution in [0.4, 0.5) is 0 Å². The van der Waals surface area contributed by atoms with Crippen LogP contribution < -0.4 is 16.0 Å². The fourth-order valence-electron chi connectivity index (χ4n) is 1.44. The molecule has 0 aromatic carbocycles. The Bertz CT molecular complexity index is 306. The smallest absolute Gasteiger partial charge is 0.242 e. The molecule has 106 valence electrons. The first-order valence-electron chi connectivity index (χ1n) is 6.37. The molecule has 5 heteroatoms. The van der Waals surface area contributed by atoms with E-state index in [0.29, 0.717) is 6.54 Å². The third-order valence-corrected chi connectivity index (χ3v) is 2.43. The van der Waals surface area contributed by atoms with Crippen LogP contribution in [0.3, 0.4) is 0 Å². The van der Waals surface area contributed by atoms with Crippen molar-refractivity contribution in [2.45, 2.75) is 65.6 Å². The van der Waals surface area contributed by atoms with Crippen LogP contribution in [-0.4, -0.2) is 35.5 Å². The van der Waals surface area contributed by atoms with E-state index in [-0.39, 0.29) is 17.4 Å². The molecule has 1 unspecified atom stereocenters. The van der Waals surface area contributed by atoms with Gasteiger partial charge in [0.25, 0.3) is 0 Å². The highest BCUT2D eigenvalue weighted by molar-refractivity contribution is 5.91. The molecule has 0 rings (SSSR count). The summed E-state index contributed by atoms with van der Waals surface area (Å²) in [4.78, 5) is 23.8. The number of nitrogens with one attached hydrogen (secondary N) is 3. The minimum Gasteiger partial charge on any atom is -0.350 e.